The number of piperazine rings is 1. The number of carbonyl (C=O) groups excluding carboxylic acids is 1. The molecule has 0 radical (unpaired) electrons. The molecule has 17 heavy (non-hydrogen) atoms. The van der Waals surface area contributed by atoms with Gasteiger partial charge in [0.15, 0.2) is 6.10 Å². The van der Waals surface area contributed by atoms with Gasteiger partial charge in [-0.2, -0.15) is 0 Å². The molecule has 1 aliphatic heterocycles. The minimum absolute atomic E-state index is 0.242. The van der Waals surface area contributed by atoms with Gasteiger partial charge in [0.05, 0.1) is 0 Å². The van der Waals surface area contributed by atoms with Crippen LogP contribution in [0, 0.1) is 0 Å². The summed E-state index contributed by atoms with van der Waals surface area (Å²) in [6.45, 7) is 2.84. The van der Waals surface area contributed by atoms with Crippen molar-refractivity contribution in [1.29, 1.82) is 0 Å². The topological polar surface area (TPSA) is 52.6 Å². The smallest absolute Gasteiger partial charge is 0.256 e. The molecule has 1 aromatic carbocycles. The molecule has 92 valence electrons. The molecule has 1 unspecified atom stereocenters. The standard InChI is InChI=1S/C12H15ClN2O2/c13-10-3-1-9(2-4-10)11(16)12(17)15-7-5-14-6-8-15/h1-4,11,14,16H,5-8H2. The van der Waals surface area contributed by atoms with Crippen molar-refractivity contribution in [1.82, 2.24) is 10.2 Å². The maximum absolute atomic E-state index is 12.0. The van der Waals surface area contributed by atoms with Gasteiger partial charge in [-0.25, -0.2) is 0 Å². The quantitative estimate of drug-likeness (QED) is 0.821. The Hall–Kier alpha value is -1.10. The van der Waals surface area contributed by atoms with Crippen molar-refractivity contribution in [3.63, 3.8) is 0 Å². The molecule has 0 aliphatic carbocycles. The molecule has 1 aliphatic rings. The lowest BCUT2D eigenvalue weighted by Gasteiger charge is -2.29. The van der Waals surface area contributed by atoms with Gasteiger partial charge in [0, 0.05) is 31.2 Å². The third-order valence-electron chi connectivity index (χ3n) is 2.85. The summed E-state index contributed by atoms with van der Waals surface area (Å²) in [5.74, 6) is -0.242. The van der Waals surface area contributed by atoms with Gasteiger partial charge in [-0.05, 0) is 17.7 Å². The van der Waals surface area contributed by atoms with Crippen LogP contribution in [0.15, 0.2) is 24.3 Å². The predicted octanol–water partition coefficient (Wildman–Crippen LogP) is 0.805. The Bertz CT molecular complexity index is 388. The largest absolute Gasteiger partial charge is 0.378 e. The second-order valence-electron chi connectivity index (χ2n) is 4.03. The van der Waals surface area contributed by atoms with Crippen LogP contribution in [0.25, 0.3) is 0 Å². The number of benzene rings is 1. The van der Waals surface area contributed by atoms with E-state index in [0.717, 1.165) is 13.1 Å². The highest BCUT2D eigenvalue weighted by atomic mass is 35.5. The molecule has 0 bridgehead atoms. The third-order valence-corrected chi connectivity index (χ3v) is 3.10. The summed E-state index contributed by atoms with van der Waals surface area (Å²) in [5, 5.41) is 13.7. The van der Waals surface area contributed by atoms with Crippen LogP contribution in [0.3, 0.4) is 0 Å². The first-order valence-corrected chi connectivity index (χ1v) is 5.99. The zero-order valence-electron chi connectivity index (χ0n) is 9.40. The second-order valence-corrected chi connectivity index (χ2v) is 4.47. The van der Waals surface area contributed by atoms with Crippen molar-refractivity contribution < 1.29 is 9.90 Å². The van der Waals surface area contributed by atoms with Crippen LogP contribution in [0.4, 0.5) is 0 Å². The van der Waals surface area contributed by atoms with Gasteiger partial charge < -0.3 is 15.3 Å². The van der Waals surface area contributed by atoms with Crippen molar-refractivity contribution in [2.75, 3.05) is 26.2 Å². The first kappa shape index (κ1) is 12.4. The molecule has 0 aromatic heterocycles. The number of hydrogen-bond acceptors (Lipinski definition) is 3. The average molecular weight is 255 g/mol. The van der Waals surface area contributed by atoms with Crippen molar-refractivity contribution in [2.24, 2.45) is 0 Å². The highest BCUT2D eigenvalue weighted by molar-refractivity contribution is 6.30. The summed E-state index contributed by atoms with van der Waals surface area (Å²) < 4.78 is 0. The van der Waals surface area contributed by atoms with Gasteiger partial charge >= 0.3 is 0 Å². The number of aliphatic hydroxyl groups is 1. The van der Waals surface area contributed by atoms with E-state index in [-0.39, 0.29) is 5.91 Å². The lowest BCUT2D eigenvalue weighted by Crippen LogP contribution is -2.48. The molecular formula is C12H15ClN2O2. The maximum atomic E-state index is 12.0. The van der Waals surface area contributed by atoms with Crippen LogP contribution >= 0.6 is 11.6 Å². The van der Waals surface area contributed by atoms with Crippen molar-refractivity contribution >= 4 is 17.5 Å². The molecule has 4 nitrogen and oxygen atoms in total. The number of nitrogens with one attached hydrogen (secondary N) is 1. The fourth-order valence-corrected chi connectivity index (χ4v) is 1.97. The molecule has 0 spiro atoms. The van der Waals surface area contributed by atoms with Crippen molar-refractivity contribution in [2.45, 2.75) is 6.10 Å². The molecule has 2 rings (SSSR count). The van der Waals surface area contributed by atoms with Gasteiger partial charge in [-0.15, -0.1) is 0 Å². The van der Waals surface area contributed by atoms with Crippen molar-refractivity contribution in [3.8, 4) is 0 Å². The minimum Gasteiger partial charge on any atom is -0.378 e. The van der Waals surface area contributed by atoms with Gasteiger partial charge in [0.2, 0.25) is 0 Å². The number of amides is 1. The van der Waals surface area contributed by atoms with Crippen molar-refractivity contribution in [3.05, 3.63) is 34.9 Å². The first-order valence-electron chi connectivity index (χ1n) is 5.61. The number of aliphatic hydroxyl groups excluding tert-OH is 1. The van der Waals surface area contributed by atoms with Gasteiger partial charge in [0.25, 0.3) is 5.91 Å². The molecule has 1 aromatic rings. The zero-order chi connectivity index (χ0) is 12.3. The molecule has 1 heterocycles. The number of hydrogen-bond donors (Lipinski definition) is 2. The van der Waals surface area contributed by atoms with Crippen LogP contribution in [0.1, 0.15) is 11.7 Å². The Morgan fingerprint density at radius 1 is 1.29 bits per heavy atom. The molecule has 1 amide bonds. The van der Waals surface area contributed by atoms with E-state index in [0.29, 0.717) is 23.7 Å². The number of carbonyl (C=O) groups is 1. The lowest BCUT2D eigenvalue weighted by atomic mass is 10.1. The molecule has 2 N–H and O–H groups in total. The van der Waals surface area contributed by atoms with Crippen LogP contribution in [0.5, 0.6) is 0 Å². The van der Waals surface area contributed by atoms with E-state index in [1.807, 2.05) is 0 Å². The normalized spacial score (nSPS) is 17.9. The Labute approximate surface area is 105 Å². The van der Waals surface area contributed by atoms with E-state index >= 15 is 0 Å². The third kappa shape index (κ3) is 2.97. The van der Waals surface area contributed by atoms with Crippen LogP contribution in [0.2, 0.25) is 5.02 Å². The van der Waals surface area contributed by atoms with E-state index in [4.69, 9.17) is 11.6 Å². The first-order chi connectivity index (χ1) is 8.18. The monoisotopic (exact) mass is 254 g/mol. The van der Waals surface area contributed by atoms with Crippen LogP contribution in [-0.4, -0.2) is 42.1 Å². The van der Waals surface area contributed by atoms with Crippen LogP contribution in [-0.2, 0) is 4.79 Å². The van der Waals surface area contributed by atoms with E-state index in [1.54, 1.807) is 29.2 Å². The number of nitrogens with zero attached hydrogens (tertiary/aromatic N) is 1. The van der Waals surface area contributed by atoms with E-state index < -0.39 is 6.10 Å². The SMILES string of the molecule is O=C(C(O)c1ccc(Cl)cc1)N1CCNCC1. The Morgan fingerprint density at radius 3 is 2.47 bits per heavy atom. The summed E-state index contributed by atoms with van der Waals surface area (Å²) in [6.07, 6.45) is -1.09. The molecule has 0 saturated carbocycles. The fourth-order valence-electron chi connectivity index (χ4n) is 1.85. The molecule has 1 saturated heterocycles. The average Bonchev–Trinajstić information content (AvgIpc) is 2.39. The Kier molecular flexibility index (Phi) is 3.99. The summed E-state index contributed by atoms with van der Waals surface area (Å²) in [6, 6.07) is 6.69. The minimum atomic E-state index is -1.09. The molecule has 1 fully saturated rings. The second kappa shape index (κ2) is 5.49. The Balaban J connectivity index is 2.05. The lowest BCUT2D eigenvalue weighted by molar-refractivity contribution is -0.141. The van der Waals surface area contributed by atoms with E-state index in [1.165, 1.54) is 0 Å². The van der Waals surface area contributed by atoms with Gasteiger partial charge in [-0.1, -0.05) is 23.7 Å². The van der Waals surface area contributed by atoms with Gasteiger partial charge in [-0.3, -0.25) is 4.79 Å². The van der Waals surface area contributed by atoms with E-state index in [9.17, 15) is 9.90 Å². The summed E-state index contributed by atoms with van der Waals surface area (Å²) >= 11 is 5.76. The Morgan fingerprint density at radius 2 is 1.88 bits per heavy atom. The van der Waals surface area contributed by atoms with Crippen LogP contribution < -0.4 is 5.32 Å². The summed E-state index contributed by atoms with van der Waals surface area (Å²) in [5.41, 5.74) is 0.581. The van der Waals surface area contributed by atoms with E-state index in [2.05, 4.69) is 5.32 Å². The molecular weight excluding hydrogens is 240 g/mol. The maximum Gasteiger partial charge on any atom is 0.256 e. The fraction of sp³-hybridized carbons (Fsp3) is 0.417. The van der Waals surface area contributed by atoms with Gasteiger partial charge in [0.1, 0.15) is 0 Å². The molecule has 1 atom stereocenters. The zero-order valence-corrected chi connectivity index (χ0v) is 10.2. The highest BCUT2D eigenvalue weighted by Gasteiger charge is 2.24. The number of halogens is 1. The number of rotatable bonds is 2. The predicted molar refractivity (Wildman–Crippen MR) is 65.9 cm³/mol. The highest BCUT2D eigenvalue weighted by Crippen LogP contribution is 2.18. The summed E-state index contributed by atoms with van der Waals surface area (Å²) in [4.78, 5) is 13.7. The summed E-state index contributed by atoms with van der Waals surface area (Å²) in [7, 11) is 0. The molecule has 5 heteroatoms.